The molecule has 0 bridgehead atoms. The molecule has 0 saturated carbocycles. The Morgan fingerprint density at radius 1 is 1.20 bits per heavy atom. The van der Waals surface area contributed by atoms with Crippen LogP contribution in [0.2, 0.25) is 0 Å². The minimum absolute atomic E-state index is 0.169. The van der Waals surface area contributed by atoms with Gasteiger partial charge in [0.25, 0.3) is 0 Å². The number of likely N-dealkylation sites (tertiary alicyclic amines) is 1. The van der Waals surface area contributed by atoms with Crippen LogP contribution in [0.5, 0.6) is 0 Å². The predicted molar refractivity (Wildman–Crippen MR) is 105 cm³/mol. The van der Waals surface area contributed by atoms with Crippen molar-refractivity contribution in [3.63, 3.8) is 0 Å². The molecule has 1 fully saturated rings. The zero-order valence-corrected chi connectivity index (χ0v) is 16.3. The van der Waals surface area contributed by atoms with Crippen molar-refractivity contribution >= 4 is 17.1 Å². The summed E-state index contributed by atoms with van der Waals surface area (Å²) in [5.74, 6) is 0.169. The molecule has 0 amide bonds. The maximum absolute atomic E-state index is 11.5. The van der Waals surface area contributed by atoms with Gasteiger partial charge < -0.3 is 4.90 Å². The number of hydrogen-bond donors (Lipinski definition) is 0. The fraction of sp³-hybridized carbons (Fsp3) is 0.476. The Labute approximate surface area is 155 Å². The third-order valence-electron chi connectivity index (χ3n) is 4.86. The summed E-state index contributed by atoms with van der Waals surface area (Å²) in [6.45, 7) is 4.70. The molecule has 0 spiro atoms. The molecule has 134 valence electrons. The summed E-state index contributed by atoms with van der Waals surface area (Å²) in [7, 11) is 4.21. The number of piperidine rings is 1. The van der Waals surface area contributed by atoms with Crippen molar-refractivity contribution < 1.29 is 4.79 Å². The van der Waals surface area contributed by atoms with E-state index in [1.807, 2.05) is 0 Å². The van der Waals surface area contributed by atoms with E-state index >= 15 is 0 Å². The topological polar surface area (TPSA) is 23.6 Å². The number of carbonyl (C=O) groups excluding carboxylic acids is 1. The van der Waals surface area contributed by atoms with E-state index < -0.39 is 0 Å². The van der Waals surface area contributed by atoms with E-state index in [2.05, 4.69) is 59.6 Å². The molecule has 3 nitrogen and oxygen atoms in total. The lowest BCUT2D eigenvalue weighted by molar-refractivity contribution is 0.102. The lowest BCUT2D eigenvalue weighted by Crippen LogP contribution is -2.32. The van der Waals surface area contributed by atoms with Crippen LogP contribution in [0, 0.1) is 0 Å². The number of ketones is 1. The van der Waals surface area contributed by atoms with Gasteiger partial charge in [0.1, 0.15) is 0 Å². The second-order valence-electron chi connectivity index (χ2n) is 7.34. The highest BCUT2D eigenvalue weighted by molar-refractivity contribution is 7.12. The first-order chi connectivity index (χ1) is 12.0. The van der Waals surface area contributed by atoms with Crippen molar-refractivity contribution in [2.45, 2.75) is 45.3 Å². The van der Waals surface area contributed by atoms with Crippen LogP contribution in [0.1, 0.15) is 58.6 Å². The predicted octanol–water partition coefficient (Wildman–Crippen LogP) is 4.74. The van der Waals surface area contributed by atoms with Gasteiger partial charge in [0, 0.05) is 19.1 Å². The maximum Gasteiger partial charge on any atom is 0.169 e. The van der Waals surface area contributed by atoms with Gasteiger partial charge >= 0.3 is 0 Å². The summed E-state index contributed by atoms with van der Waals surface area (Å²) in [6.07, 6.45) is 3.78. The summed E-state index contributed by atoms with van der Waals surface area (Å²) in [5.41, 5.74) is 4.05. The number of Topliss-reactive ketones (excluding diaryl/α,β-unsaturated/α-hetero) is 1. The first-order valence-electron chi connectivity index (χ1n) is 9.09. The van der Waals surface area contributed by atoms with E-state index in [-0.39, 0.29) is 5.78 Å². The quantitative estimate of drug-likeness (QED) is 0.699. The van der Waals surface area contributed by atoms with Crippen molar-refractivity contribution in [2.24, 2.45) is 0 Å². The van der Waals surface area contributed by atoms with Crippen LogP contribution in [0.25, 0.3) is 0 Å². The second-order valence-corrected chi connectivity index (χ2v) is 8.25. The molecule has 3 rings (SSSR count). The van der Waals surface area contributed by atoms with Gasteiger partial charge in [-0.25, -0.2) is 0 Å². The van der Waals surface area contributed by atoms with Crippen LogP contribution < -0.4 is 0 Å². The van der Waals surface area contributed by atoms with Gasteiger partial charge in [0.2, 0.25) is 0 Å². The number of carbonyl (C=O) groups is 1. The van der Waals surface area contributed by atoms with Crippen LogP contribution >= 0.6 is 11.3 Å². The van der Waals surface area contributed by atoms with Crippen molar-refractivity contribution in [1.82, 2.24) is 9.80 Å². The standard InChI is InChI=1S/C21H28N2OS/c1-16(24)21-12-18(15-25-21)14-23-11-5-4-6-20(23)19-9-7-17(8-10-19)13-22(2)3/h7-10,12,15,20H,4-6,11,13-14H2,1-3H3/t20-/m1/s1. The Kier molecular flexibility index (Phi) is 6.05. The molecular formula is C21H28N2OS. The van der Waals surface area contributed by atoms with Gasteiger partial charge in [-0.2, -0.15) is 0 Å². The molecule has 1 aliphatic rings. The molecular weight excluding hydrogens is 328 g/mol. The SMILES string of the molecule is CC(=O)c1cc(CN2CCCC[C@@H]2c2ccc(CN(C)C)cc2)cs1. The van der Waals surface area contributed by atoms with E-state index in [1.165, 1.54) is 36.0 Å². The van der Waals surface area contributed by atoms with Gasteiger partial charge in [0.05, 0.1) is 4.88 Å². The highest BCUT2D eigenvalue weighted by atomic mass is 32.1. The van der Waals surface area contributed by atoms with Crippen LogP contribution in [-0.2, 0) is 13.1 Å². The third-order valence-corrected chi connectivity index (χ3v) is 5.94. The van der Waals surface area contributed by atoms with Crippen molar-refractivity contribution in [3.05, 3.63) is 57.3 Å². The van der Waals surface area contributed by atoms with Gasteiger partial charge in [-0.1, -0.05) is 30.7 Å². The number of nitrogens with zero attached hydrogens (tertiary/aromatic N) is 2. The van der Waals surface area contributed by atoms with Crippen LogP contribution in [0.4, 0.5) is 0 Å². The molecule has 0 aliphatic carbocycles. The zero-order chi connectivity index (χ0) is 17.8. The summed E-state index contributed by atoms with van der Waals surface area (Å²) >= 11 is 1.57. The Bertz CT molecular complexity index is 705. The van der Waals surface area contributed by atoms with Crippen LogP contribution in [0.3, 0.4) is 0 Å². The lowest BCUT2D eigenvalue weighted by Gasteiger charge is -2.36. The molecule has 1 aromatic heterocycles. The van der Waals surface area contributed by atoms with E-state index in [9.17, 15) is 4.79 Å². The Hall–Kier alpha value is -1.49. The normalized spacial score (nSPS) is 18.6. The average Bonchev–Trinajstić information content (AvgIpc) is 3.05. The second kappa shape index (κ2) is 8.26. The molecule has 2 heterocycles. The van der Waals surface area contributed by atoms with Gasteiger partial charge in [-0.05, 0) is 68.5 Å². The van der Waals surface area contributed by atoms with Gasteiger partial charge in [-0.3, -0.25) is 9.69 Å². The van der Waals surface area contributed by atoms with Crippen molar-refractivity contribution in [2.75, 3.05) is 20.6 Å². The molecule has 1 saturated heterocycles. The van der Waals surface area contributed by atoms with E-state index in [0.717, 1.165) is 24.5 Å². The highest BCUT2D eigenvalue weighted by Crippen LogP contribution is 2.33. The number of thiophene rings is 1. The van der Waals surface area contributed by atoms with E-state index in [4.69, 9.17) is 0 Å². The molecule has 4 heteroatoms. The highest BCUT2D eigenvalue weighted by Gasteiger charge is 2.24. The number of hydrogen-bond acceptors (Lipinski definition) is 4. The molecule has 1 aromatic carbocycles. The fourth-order valence-corrected chi connectivity index (χ4v) is 4.45. The van der Waals surface area contributed by atoms with Gasteiger partial charge in [0.15, 0.2) is 5.78 Å². The van der Waals surface area contributed by atoms with Crippen molar-refractivity contribution in [1.29, 1.82) is 0 Å². The summed E-state index contributed by atoms with van der Waals surface area (Å²) < 4.78 is 0. The molecule has 25 heavy (non-hydrogen) atoms. The van der Waals surface area contributed by atoms with Crippen LogP contribution in [0.15, 0.2) is 35.7 Å². The average molecular weight is 357 g/mol. The maximum atomic E-state index is 11.5. The van der Waals surface area contributed by atoms with Crippen LogP contribution in [-0.4, -0.2) is 36.2 Å². The number of rotatable bonds is 6. The molecule has 0 N–H and O–H groups in total. The number of benzene rings is 1. The third kappa shape index (κ3) is 4.78. The summed E-state index contributed by atoms with van der Waals surface area (Å²) in [5, 5.41) is 2.14. The Balaban J connectivity index is 1.72. The van der Waals surface area contributed by atoms with E-state index in [1.54, 1.807) is 18.3 Å². The van der Waals surface area contributed by atoms with E-state index in [0.29, 0.717) is 6.04 Å². The lowest BCUT2D eigenvalue weighted by atomic mass is 9.94. The zero-order valence-electron chi connectivity index (χ0n) is 15.5. The molecule has 0 unspecified atom stereocenters. The molecule has 0 radical (unpaired) electrons. The largest absolute Gasteiger partial charge is 0.305 e. The monoisotopic (exact) mass is 356 g/mol. The Morgan fingerprint density at radius 2 is 1.96 bits per heavy atom. The smallest absolute Gasteiger partial charge is 0.169 e. The molecule has 1 atom stereocenters. The molecule has 2 aromatic rings. The first-order valence-corrected chi connectivity index (χ1v) is 9.97. The fourth-order valence-electron chi connectivity index (χ4n) is 3.65. The minimum Gasteiger partial charge on any atom is -0.305 e. The molecule has 1 aliphatic heterocycles. The summed E-state index contributed by atoms with van der Waals surface area (Å²) in [4.78, 5) is 17.2. The first kappa shape index (κ1) is 18.3. The van der Waals surface area contributed by atoms with Gasteiger partial charge in [-0.15, -0.1) is 11.3 Å². The summed E-state index contributed by atoms with van der Waals surface area (Å²) in [6, 6.07) is 11.7. The minimum atomic E-state index is 0.169. The van der Waals surface area contributed by atoms with Crippen molar-refractivity contribution in [3.8, 4) is 0 Å². The Morgan fingerprint density at radius 3 is 2.60 bits per heavy atom.